The van der Waals surface area contributed by atoms with Crippen LogP contribution in [0.1, 0.15) is 17.5 Å². The van der Waals surface area contributed by atoms with Crippen LogP contribution in [0.4, 0.5) is 13.2 Å². The Morgan fingerprint density at radius 2 is 1.91 bits per heavy atom. The zero-order valence-electron chi connectivity index (χ0n) is 11.4. The van der Waals surface area contributed by atoms with Gasteiger partial charge in [0, 0.05) is 5.56 Å². The van der Waals surface area contributed by atoms with Gasteiger partial charge in [-0.3, -0.25) is 0 Å². The number of rotatable bonds is 1. The van der Waals surface area contributed by atoms with Crippen LogP contribution in [0.5, 0.6) is 11.5 Å². The Hall–Kier alpha value is -1.69. The number of phenolic OH excluding ortho intramolecular Hbond substituents is 1. The molecule has 1 heterocycles. The fraction of sp³-hybridized carbons (Fsp3) is 0.250. The van der Waals surface area contributed by atoms with Crippen LogP contribution in [0.25, 0.3) is 11.1 Å². The smallest absolute Gasteiger partial charge is 0.416 e. The van der Waals surface area contributed by atoms with E-state index in [0.717, 1.165) is 36.3 Å². The summed E-state index contributed by atoms with van der Waals surface area (Å²) in [6, 6.07) is 7.01. The molecule has 0 radical (unpaired) electrons. The highest BCUT2D eigenvalue weighted by molar-refractivity contribution is 9.10. The zero-order valence-corrected chi connectivity index (χ0v) is 13.0. The summed E-state index contributed by atoms with van der Waals surface area (Å²) in [4.78, 5) is 0. The summed E-state index contributed by atoms with van der Waals surface area (Å²) in [5.41, 5.74) is 0.821. The summed E-state index contributed by atoms with van der Waals surface area (Å²) in [6.45, 7) is 0.646. The second-order valence-electron chi connectivity index (χ2n) is 5.13. The minimum atomic E-state index is -4.47. The SMILES string of the molecule is Oc1c(Br)cc(C(F)(F)F)cc1-c1ccc2c(c1)CCCO2. The molecule has 2 aromatic carbocycles. The van der Waals surface area contributed by atoms with Crippen LogP contribution in [0, 0.1) is 0 Å². The van der Waals surface area contributed by atoms with E-state index >= 15 is 0 Å². The standard InChI is InChI=1S/C16H12BrF3O2/c17-13-8-11(16(18,19)20)7-12(15(13)21)9-3-4-14-10(6-9)2-1-5-22-14/h3-4,6-8,21H,1-2,5H2. The van der Waals surface area contributed by atoms with Gasteiger partial charge in [-0.1, -0.05) is 6.07 Å². The molecule has 0 fully saturated rings. The van der Waals surface area contributed by atoms with Crippen molar-refractivity contribution >= 4 is 15.9 Å². The topological polar surface area (TPSA) is 29.5 Å². The molecule has 0 saturated carbocycles. The van der Waals surface area contributed by atoms with E-state index in [1.165, 1.54) is 0 Å². The molecule has 3 rings (SSSR count). The lowest BCUT2D eigenvalue weighted by Crippen LogP contribution is -2.08. The van der Waals surface area contributed by atoms with E-state index < -0.39 is 11.7 Å². The summed E-state index contributed by atoms with van der Waals surface area (Å²) in [6.07, 6.45) is -2.79. The highest BCUT2D eigenvalue weighted by Crippen LogP contribution is 2.42. The van der Waals surface area contributed by atoms with E-state index in [1.54, 1.807) is 18.2 Å². The average molecular weight is 373 g/mol. The van der Waals surface area contributed by atoms with Gasteiger partial charge in [0.2, 0.25) is 0 Å². The predicted molar refractivity (Wildman–Crippen MR) is 80.1 cm³/mol. The largest absolute Gasteiger partial charge is 0.506 e. The van der Waals surface area contributed by atoms with Crippen LogP contribution >= 0.6 is 15.9 Å². The fourth-order valence-electron chi connectivity index (χ4n) is 2.51. The molecule has 22 heavy (non-hydrogen) atoms. The van der Waals surface area contributed by atoms with Gasteiger partial charge in [-0.05, 0) is 64.2 Å². The van der Waals surface area contributed by atoms with Gasteiger partial charge in [0.15, 0.2) is 0 Å². The van der Waals surface area contributed by atoms with Gasteiger partial charge < -0.3 is 9.84 Å². The number of benzene rings is 2. The molecule has 6 heteroatoms. The normalized spacial score (nSPS) is 14.4. The maximum atomic E-state index is 12.9. The highest BCUT2D eigenvalue weighted by Gasteiger charge is 2.32. The Bertz CT molecular complexity index is 726. The first kappa shape index (κ1) is 15.2. The quantitative estimate of drug-likeness (QED) is 0.748. The van der Waals surface area contributed by atoms with Crippen molar-refractivity contribution in [3.8, 4) is 22.6 Å². The highest BCUT2D eigenvalue weighted by atomic mass is 79.9. The lowest BCUT2D eigenvalue weighted by molar-refractivity contribution is -0.137. The molecule has 0 aromatic heterocycles. The van der Waals surface area contributed by atoms with Crippen LogP contribution in [0.2, 0.25) is 0 Å². The minimum absolute atomic E-state index is 0.0197. The molecule has 0 atom stereocenters. The first-order chi connectivity index (χ1) is 10.4. The van der Waals surface area contributed by atoms with E-state index in [9.17, 15) is 18.3 Å². The molecule has 0 spiro atoms. The summed E-state index contributed by atoms with van der Waals surface area (Å²) in [5.74, 6) is 0.546. The van der Waals surface area contributed by atoms with Gasteiger partial charge >= 0.3 is 6.18 Å². The molecule has 0 unspecified atom stereocenters. The van der Waals surface area contributed by atoms with E-state index in [1.807, 2.05) is 0 Å². The Kier molecular flexibility index (Phi) is 3.80. The van der Waals surface area contributed by atoms with Crippen molar-refractivity contribution in [1.82, 2.24) is 0 Å². The minimum Gasteiger partial charge on any atom is -0.506 e. The van der Waals surface area contributed by atoms with E-state index in [-0.39, 0.29) is 15.8 Å². The van der Waals surface area contributed by atoms with Crippen molar-refractivity contribution in [2.75, 3.05) is 6.61 Å². The van der Waals surface area contributed by atoms with E-state index in [2.05, 4.69) is 15.9 Å². The van der Waals surface area contributed by atoms with Gasteiger partial charge in [-0.15, -0.1) is 0 Å². The van der Waals surface area contributed by atoms with Crippen molar-refractivity contribution in [2.24, 2.45) is 0 Å². The molecule has 2 nitrogen and oxygen atoms in total. The van der Waals surface area contributed by atoms with Crippen molar-refractivity contribution in [3.63, 3.8) is 0 Å². The van der Waals surface area contributed by atoms with Crippen molar-refractivity contribution in [3.05, 3.63) is 45.9 Å². The summed E-state index contributed by atoms with van der Waals surface area (Å²) in [7, 11) is 0. The summed E-state index contributed by atoms with van der Waals surface area (Å²) in [5, 5.41) is 10.1. The van der Waals surface area contributed by atoms with Crippen molar-refractivity contribution < 1.29 is 23.0 Å². The number of phenols is 1. The number of alkyl halides is 3. The van der Waals surface area contributed by atoms with Crippen LogP contribution in [-0.4, -0.2) is 11.7 Å². The molecule has 1 aliphatic rings. The first-order valence-electron chi connectivity index (χ1n) is 6.72. The number of aryl methyl sites for hydroxylation is 1. The molecule has 0 amide bonds. The number of ether oxygens (including phenoxy) is 1. The number of hydrogen-bond acceptors (Lipinski definition) is 2. The van der Waals surface area contributed by atoms with Crippen molar-refractivity contribution in [2.45, 2.75) is 19.0 Å². The van der Waals surface area contributed by atoms with Crippen molar-refractivity contribution in [1.29, 1.82) is 0 Å². The molecule has 1 aliphatic heterocycles. The van der Waals surface area contributed by atoms with Gasteiger partial charge in [0.05, 0.1) is 16.6 Å². The second kappa shape index (κ2) is 5.50. The lowest BCUT2D eigenvalue weighted by atomic mass is 9.97. The maximum Gasteiger partial charge on any atom is 0.416 e. The fourth-order valence-corrected chi connectivity index (χ4v) is 2.97. The Morgan fingerprint density at radius 3 is 2.64 bits per heavy atom. The number of hydrogen-bond donors (Lipinski definition) is 1. The molecular formula is C16H12BrF3O2. The van der Waals surface area contributed by atoms with Crippen LogP contribution in [-0.2, 0) is 12.6 Å². The van der Waals surface area contributed by atoms with Gasteiger partial charge in [-0.2, -0.15) is 13.2 Å². The van der Waals surface area contributed by atoms with Gasteiger partial charge in [0.1, 0.15) is 11.5 Å². The molecule has 2 aromatic rings. The third-order valence-electron chi connectivity index (χ3n) is 3.61. The molecule has 0 saturated heterocycles. The Morgan fingerprint density at radius 1 is 1.14 bits per heavy atom. The Labute approximate surface area is 133 Å². The number of aromatic hydroxyl groups is 1. The molecule has 0 bridgehead atoms. The molecule has 1 N–H and O–H groups in total. The molecule has 0 aliphatic carbocycles. The summed E-state index contributed by atoms with van der Waals surface area (Å²) >= 11 is 2.99. The number of halogens is 4. The van der Waals surface area contributed by atoms with Gasteiger partial charge in [0.25, 0.3) is 0 Å². The van der Waals surface area contributed by atoms with E-state index in [4.69, 9.17) is 4.74 Å². The second-order valence-corrected chi connectivity index (χ2v) is 5.98. The molecule has 116 valence electrons. The average Bonchev–Trinajstić information content (AvgIpc) is 2.48. The van der Waals surface area contributed by atoms with E-state index in [0.29, 0.717) is 12.2 Å². The maximum absolute atomic E-state index is 12.9. The molecular weight excluding hydrogens is 361 g/mol. The van der Waals surface area contributed by atoms with Crippen LogP contribution in [0.3, 0.4) is 0 Å². The Balaban J connectivity index is 2.13. The third kappa shape index (κ3) is 2.79. The zero-order chi connectivity index (χ0) is 15.9. The predicted octanol–water partition coefficient (Wildman–Crippen LogP) is 5.17. The first-order valence-corrected chi connectivity index (χ1v) is 7.51. The monoisotopic (exact) mass is 372 g/mol. The van der Waals surface area contributed by atoms with Crippen LogP contribution < -0.4 is 4.74 Å². The summed E-state index contributed by atoms with van der Waals surface area (Å²) < 4.78 is 44.4. The number of fused-ring (bicyclic) bond motifs is 1. The lowest BCUT2D eigenvalue weighted by Gasteiger charge is -2.19. The van der Waals surface area contributed by atoms with Crippen LogP contribution in [0.15, 0.2) is 34.8 Å². The van der Waals surface area contributed by atoms with Gasteiger partial charge in [-0.25, -0.2) is 0 Å². The third-order valence-corrected chi connectivity index (χ3v) is 4.21.